The molecule has 0 heterocycles. The highest BCUT2D eigenvalue weighted by molar-refractivity contribution is 5.97. The van der Waals surface area contributed by atoms with Crippen molar-refractivity contribution in [3.05, 3.63) is 48.0 Å². The molecule has 0 aliphatic heterocycles. The lowest BCUT2D eigenvalue weighted by Crippen LogP contribution is -2.46. The van der Waals surface area contributed by atoms with Crippen molar-refractivity contribution in [2.45, 2.75) is 26.4 Å². The number of benzene rings is 2. The van der Waals surface area contributed by atoms with E-state index in [1.54, 1.807) is 13.8 Å². The normalized spacial score (nSPS) is 11.7. The first-order valence-electron chi connectivity index (χ1n) is 8.81. The average Bonchev–Trinajstić information content (AvgIpc) is 2.64. The summed E-state index contributed by atoms with van der Waals surface area (Å²) in [6, 6.07) is 12.3. The highest BCUT2D eigenvalue weighted by Crippen LogP contribution is 2.18. The minimum atomic E-state index is -1.19. The number of urea groups is 1. The van der Waals surface area contributed by atoms with E-state index in [1.165, 1.54) is 0 Å². The van der Waals surface area contributed by atoms with E-state index in [4.69, 9.17) is 10.5 Å². The van der Waals surface area contributed by atoms with E-state index >= 15 is 0 Å². The molecule has 28 heavy (non-hydrogen) atoms. The van der Waals surface area contributed by atoms with Gasteiger partial charge in [-0.15, -0.1) is 0 Å². The molecule has 0 aliphatic rings. The van der Waals surface area contributed by atoms with Crippen molar-refractivity contribution < 1.29 is 23.9 Å². The van der Waals surface area contributed by atoms with Crippen LogP contribution in [0.15, 0.2) is 42.5 Å². The molecule has 4 amide bonds. The van der Waals surface area contributed by atoms with Gasteiger partial charge in [-0.25, -0.2) is 4.79 Å². The molecule has 0 unspecified atom stereocenters. The van der Waals surface area contributed by atoms with Crippen molar-refractivity contribution in [2.75, 3.05) is 6.54 Å². The summed E-state index contributed by atoms with van der Waals surface area (Å²) in [5.74, 6) is -2.33. The summed E-state index contributed by atoms with van der Waals surface area (Å²) in [5, 5.41) is 6.35. The van der Waals surface area contributed by atoms with E-state index in [0.717, 1.165) is 16.3 Å². The molecule has 8 heteroatoms. The van der Waals surface area contributed by atoms with Gasteiger partial charge in [-0.2, -0.15) is 0 Å². The lowest BCUT2D eigenvalue weighted by atomic mass is 10.0. The molecule has 0 saturated carbocycles. The summed E-state index contributed by atoms with van der Waals surface area (Å²) >= 11 is 0. The van der Waals surface area contributed by atoms with Crippen LogP contribution in [0.4, 0.5) is 4.79 Å². The van der Waals surface area contributed by atoms with Gasteiger partial charge < -0.3 is 15.8 Å². The Balaban J connectivity index is 1.91. The summed E-state index contributed by atoms with van der Waals surface area (Å²) in [4.78, 5) is 46.8. The first kappa shape index (κ1) is 20.9. The summed E-state index contributed by atoms with van der Waals surface area (Å²) in [5.41, 5.74) is 5.74. The molecule has 0 aliphatic carbocycles. The third-order valence-electron chi connectivity index (χ3n) is 4.03. The molecule has 2 rings (SSSR count). The Hall–Kier alpha value is -3.42. The summed E-state index contributed by atoms with van der Waals surface area (Å²) in [6.45, 7) is 2.91. The van der Waals surface area contributed by atoms with Crippen molar-refractivity contribution in [1.29, 1.82) is 0 Å². The second kappa shape index (κ2) is 9.50. The molecular weight excluding hydrogens is 362 g/mol. The van der Waals surface area contributed by atoms with Crippen LogP contribution in [-0.2, 0) is 25.5 Å². The summed E-state index contributed by atoms with van der Waals surface area (Å²) in [6.07, 6.45) is -1.08. The standard InChI is InChI=1S/C20H23N3O5/c1-12(2)18(19(26)23-20(21)27)28-17(25)11-22-16(24)10-14-8-5-7-13-6-3-4-9-15(13)14/h3-9,12,18H,10-11H2,1-2H3,(H,22,24)(H3,21,23,26,27)/t18-/m0/s1. The maximum absolute atomic E-state index is 12.2. The molecule has 0 saturated heterocycles. The molecule has 0 radical (unpaired) electrons. The summed E-state index contributed by atoms with van der Waals surface area (Å²) < 4.78 is 5.07. The Morgan fingerprint density at radius 2 is 1.71 bits per heavy atom. The average molecular weight is 385 g/mol. The zero-order valence-electron chi connectivity index (χ0n) is 15.7. The van der Waals surface area contributed by atoms with Gasteiger partial charge in [0.2, 0.25) is 5.91 Å². The second-order valence-electron chi connectivity index (χ2n) is 6.60. The topological polar surface area (TPSA) is 128 Å². The first-order valence-corrected chi connectivity index (χ1v) is 8.81. The summed E-state index contributed by atoms with van der Waals surface area (Å²) in [7, 11) is 0. The van der Waals surface area contributed by atoms with Crippen LogP contribution >= 0.6 is 0 Å². The van der Waals surface area contributed by atoms with Gasteiger partial charge in [0.15, 0.2) is 6.10 Å². The van der Waals surface area contributed by atoms with Crippen LogP contribution in [-0.4, -0.2) is 36.5 Å². The van der Waals surface area contributed by atoms with E-state index in [0.29, 0.717) is 0 Å². The molecular formula is C20H23N3O5. The molecule has 2 aromatic carbocycles. The van der Waals surface area contributed by atoms with Crippen LogP contribution in [0.1, 0.15) is 19.4 Å². The minimum Gasteiger partial charge on any atom is -0.451 e. The van der Waals surface area contributed by atoms with Crippen molar-refractivity contribution >= 4 is 34.6 Å². The van der Waals surface area contributed by atoms with Gasteiger partial charge >= 0.3 is 12.0 Å². The van der Waals surface area contributed by atoms with Gasteiger partial charge in [-0.05, 0) is 22.3 Å². The molecule has 0 aromatic heterocycles. The molecule has 148 valence electrons. The van der Waals surface area contributed by atoms with E-state index in [-0.39, 0.29) is 18.2 Å². The van der Waals surface area contributed by atoms with Crippen LogP contribution in [0, 0.1) is 5.92 Å². The number of ether oxygens (including phenoxy) is 1. The van der Waals surface area contributed by atoms with E-state index < -0.39 is 30.6 Å². The number of nitrogens with one attached hydrogen (secondary N) is 2. The number of primary amides is 1. The zero-order chi connectivity index (χ0) is 20.7. The predicted octanol–water partition coefficient (Wildman–Crippen LogP) is 1.26. The molecule has 0 bridgehead atoms. The van der Waals surface area contributed by atoms with Crippen LogP contribution in [0.3, 0.4) is 0 Å². The SMILES string of the molecule is CC(C)[C@H](OC(=O)CNC(=O)Cc1cccc2ccccc12)C(=O)NC(N)=O. The fourth-order valence-electron chi connectivity index (χ4n) is 2.72. The molecule has 8 nitrogen and oxygen atoms in total. The van der Waals surface area contributed by atoms with Gasteiger partial charge in [-0.3, -0.25) is 19.7 Å². The van der Waals surface area contributed by atoms with E-state index in [2.05, 4.69) is 5.32 Å². The van der Waals surface area contributed by atoms with Crippen LogP contribution in [0.2, 0.25) is 0 Å². The molecule has 4 N–H and O–H groups in total. The number of amides is 4. The number of hydrogen-bond acceptors (Lipinski definition) is 5. The highest BCUT2D eigenvalue weighted by atomic mass is 16.5. The lowest BCUT2D eigenvalue weighted by Gasteiger charge is -2.19. The predicted molar refractivity (Wildman–Crippen MR) is 103 cm³/mol. The smallest absolute Gasteiger partial charge is 0.326 e. The first-order chi connectivity index (χ1) is 13.3. The van der Waals surface area contributed by atoms with Gasteiger partial charge in [0, 0.05) is 0 Å². The van der Waals surface area contributed by atoms with Gasteiger partial charge in [0.05, 0.1) is 6.42 Å². The zero-order valence-corrected chi connectivity index (χ0v) is 15.7. The number of rotatable bonds is 7. The highest BCUT2D eigenvalue weighted by Gasteiger charge is 2.27. The number of esters is 1. The third-order valence-corrected chi connectivity index (χ3v) is 4.03. The largest absolute Gasteiger partial charge is 0.451 e. The molecule has 1 atom stereocenters. The van der Waals surface area contributed by atoms with Gasteiger partial charge in [0.1, 0.15) is 6.54 Å². The number of nitrogens with two attached hydrogens (primary N) is 1. The van der Waals surface area contributed by atoms with Crippen molar-refractivity contribution in [2.24, 2.45) is 11.7 Å². The van der Waals surface area contributed by atoms with Crippen LogP contribution in [0.5, 0.6) is 0 Å². The van der Waals surface area contributed by atoms with Crippen molar-refractivity contribution in [3.8, 4) is 0 Å². The van der Waals surface area contributed by atoms with Gasteiger partial charge in [-0.1, -0.05) is 56.3 Å². The minimum absolute atomic E-state index is 0.102. The van der Waals surface area contributed by atoms with Crippen LogP contribution < -0.4 is 16.4 Å². The quantitative estimate of drug-likeness (QED) is 0.618. The van der Waals surface area contributed by atoms with Crippen LogP contribution in [0.25, 0.3) is 10.8 Å². The number of fused-ring (bicyclic) bond motifs is 1. The fraction of sp³-hybridized carbons (Fsp3) is 0.300. The van der Waals surface area contributed by atoms with E-state index in [1.807, 2.05) is 47.8 Å². The van der Waals surface area contributed by atoms with Gasteiger partial charge in [0.25, 0.3) is 5.91 Å². The Kier molecular flexibility index (Phi) is 7.08. The second-order valence-corrected chi connectivity index (χ2v) is 6.60. The molecule has 0 spiro atoms. The van der Waals surface area contributed by atoms with Crippen molar-refractivity contribution in [1.82, 2.24) is 10.6 Å². The van der Waals surface area contributed by atoms with Crippen molar-refractivity contribution in [3.63, 3.8) is 0 Å². The fourth-order valence-corrected chi connectivity index (χ4v) is 2.72. The number of carbonyl (C=O) groups excluding carboxylic acids is 4. The lowest BCUT2D eigenvalue weighted by molar-refractivity contribution is -0.157. The van der Waals surface area contributed by atoms with E-state index in [9.17, 15) is 19.2 Å². The number of carbonyl (C=O) groups is 4. The third kappa shape index (κ3) is 5.80. The molecule has 2 aromatic rings. The Morgan fingerprint density at radius 3 is 2.39 bits per heavy atom. The Morgan fingerprint density at radius 1 is 1.04 bits per heavy atom. The maximum Gasteiger partial charge on any atom is 0.326 e. The maximum atomic E-state index is 12.2. The Labute approximate surface area is 162 Å². The Bertz CT molecular complexity index is 889. The number of hydrogen-bond donors (Lipinski definition) is 3. The molecule has 0 fully saturated rings. The number of imide groups is 1. The monoisotopic (exact) mass is 385 g/mol.